The van der Waals surface area contributed by atoms with E-state index >= 15 is 0 Å². The molecule has 0 saturated heterocycles. The van der Waals surface area contributed by atoms with Crippen LogP contribution < -0.4 is 5.32 Å². The van der Waals surface area contributed by atoms with Crippen molar-refractivity contribution in [3.05, 3.63) is 35.1 Å². The van der Waals surface area contributed by atoms with E-state index in [-0.39, 0.29) is 5.82 Å². The lowest BCUT2D eigenvalue weighted by Crippen LogP contribution is -2.34. The van der Waals surface area contributed by atoms with Crippen molar-refractivity contribution in [2.45, 2.75) is 38.3 Å². The lowest BCUT2D eigenvalue weighted by molar-refractivity contribution is 0.158. The standard InChI is InChI=1S/C14H20FNO/c1-3-12(9-17-2)16-14-7-4-10-8-11(15)5-6-13(10)14/h5-6,8,12,14,16H,3-4,7,9H2,1-2H3. The third-order valence-corrected chi connectivity index (χ3v) is 3.48. The van der Waals surface area contributed by atoms with Gasteiger partial charge in [-0.15, -0.1) is 0 Å². The maximum atomic E-state index is 13.1. The number of aryl methyl sites for hydroxylation is 1. The van der Waals surface area contributed by atoms with E-state index in [2.05, 4.69) is 12.2 Å². The Morgan fingerprint density at radius 3 is 3.06 bits per heavy atom. The molecular weight excluding hydrogens is 217 g/mol. The minimum atomic E-state index is -0.131. The smallest absolute Gasteiger partial charge is 0.123 e. The van der Waals surface area contributed by atoms with Crippen LogP contribution in [0.4, 0.5) is 4.39 Å². The SMILES string of the molecule is CCC(COC)NC1CCc2cc(F)ccc21. The molecule has 0 radical (unpaired) electrons. The van der Waals surface area contributed by atoms with Gasteiger partial charge in [0.15, 0.2) is 0 Å². The topological polar surface area (TPSA) is 21.3 Å². The summed E-state index contributed by atoms with van der Waals surface area (Å²) in [5.74, 6) is -0.131. The average molecular weight is 237 g/mol. The molecule has 0 saturated carbocycles. The van der Waals surface area contributed by atoms with E-state index in [1.807, 2.05) is 6.07 Å². The van der Waals surface area contributed by atoms with Crippen LogP contribution in [-0.2, 0) is 11.2 Å². The molecule has 2 rings (SSSR count). The fraction of sp³-hybridized carbons (Fsp3) is 0.571. The van der Waals surface area contributed by atoms with Crippen LogP contribution in [0.5, 0.6) is 0 Å². The van der Waals surface area contributed by atoms with Gasteiger partial charge >= 0.3 is 0 Å². The first-order chi connectivity index (χ1) is 8.24. The Bertz CT molecular complexity index is 380. The van der Waals surface area contributed by atoms with Crippen molar-refractivity contribution in [3.8, 4) is 0 Å². The molecule has 0 spiro atoms. The van der Waals surface area contributed by atoms with Crippen molar-refractivity contribution >= 4 is 0 Å². The van der Waals surface area contributed by atoms with Crippen molar-refractivity contribution in [1.29, 1.82) is 0 Å². The molecule has 1 aliphatic carbocycles. The van der Waals surface area contributed by atoms with E-state index in [9.17, 15) is 4.39 Å². The zero-order valence-corrected chi connectivity index (χ0v) is 10.5. The fourth-order valence-corrected chi connectivity index (χ4v) is 2.53. The summed E-state index contributed by atoms with van der Waals surface area (Å²) >= 11 is 0. The summed E-state index contributed by atoms with van der Waals surface area (Å²) in [7, 11) is 1.72. The summed E-state index contributed by atoms with van der Waals surface area (Å²) in [5.41, 5.74) is 2.40. The maximum Gasteiger partial charge on any atom is 0.123 e. The molecular formula is C14H20FNO. The second kappa shape index (κ2) is 5.61. The third kappa shape index (κ3) is 2.85. The van der Waals surface area contributed by atoms with Crippen molar-refractivity contribution < 1.29 is 9.13 Å². The van der Waals surface area contributed by atoms with Crippen LogP contribution in [0.25, 0.3) is 0 Å². The van der Waals surface area contributed by atoms with Crippen LogP contribution in [0.2, 0.25) is 0 Å². The molecule has 3 heteroatoms. The van der Waals surface area contributed by atoms with Gasteiger partial charge in [-0.05, 0) is 42.5 Å². The highest BCUT2D eigenvalue weighted by Gasteiger charge is 2.24. The number of ether oxygens (including phenoxy) is 1. The van der Waals surface area contributed by atoms with E-state index in [0.29, 0.717) is 12.1 Å². The predicted molar refractivity (Wildman–Crippen MR) is 66.6 cm³/mol. The molecule has 2 unspecified atom stereocenters. The Hall–Kier alpha value is -0.930. The number of methoxy groups -OCH3 is 1. The summed E-state index contributed by atoms with van der Waals surface area (Å²) in [6.45, 7) is 2.88. The first kappa shape index (κ1) is 12.5. The van der Waals surface area contributed by atoms with Gasteiger partial charge < -0.3 is 10.1 Å². The summed E-state index contributed by atoms with van der Waals surface area (Å²) in [4.78, 5) is 0. The molecule has 0 heterocycles. The quantitative estimate of drug-likeness (QED) is 0.850. The van der Waals surface area contributed by atoms with Gasteiger partial charge in [-0.2, -0.15) is 0 Å². The van der Waals surface area contributed by atoms with Crippen LogP contribution in [0, 0.1) is 5.82 Å². The van der Waals surface area contributed by atoms with Crippen molar-refractivity contribution in [3.63, 3.8) is 0 Å². The Balaban J connectivity index is 2.06. The number of nitrogens with one attached hydrogen (secondary N) is 1. The second-order valence-electron chi connectivity index (χ2n) is 4.66. The third-order valence-electron chi connectivity index (χ3n) is 3.48. The predicted octanol–water partition coefficient (Wildman–Crippen LogP) is 2.83. The Kier molecular flexibility index (Phi) is 4.13. The number of benzene rings is 1. The fourth-order valence-electron chi connectivity index (χ4n) is 2.53. The van der Waals surface area contributed by atoms with Gasteiger partial charge in [0.25, 0.3) is 0 Å². The van der Waals surface area contributed by atoms with Gasteiger partial charge in [0.2, 0.25) is 0 Å². The number of fused-ring (bicyclic) bond motifs is 1. The number of hydrogen-bond acceptors (Lipinski definition) is 2. The minimum absolute atomic E-state index is 0.131. The molecule has 0 aromatic heterocycles. The van der Waals surface area contributed by atoms with Crippen LogP contribution >= 0.6 is 0 Å². The largest absolute Gasteiger partial charge is 0.383 e. The Morgan fingerprint density at radius 1 is 1.53 bits per heavy atom. The van der Waals surface area contributed by atoms with E-state index in [0.717, 1.165) is 31.4 Å². The number of rotatable bonds is 5. The molecule has 0 aliphatic heterocycles. The highest BCUT2D eigenvalue weighted by atomic mass is 19.1. The zero-order chi connectivity index (χ0) is 12.3. The van der Waals surface area contributed by atoms with E-state index < -0.39 is 0 Å². The molecule has 17 heavy (non-hydrogen) atoms. The summed E-state index contributed by atoms with van der Waals surface area (Å²) in [6, 6.07) is 5.85. The average Bonchev–Trinajstić information content (AvgIpc) is 2.71. The molecule has 1 aromatic carbocycles. The van der Waals surface area contributed by atoms with Crippen LogP contribution in [0.3, 0.4) is 0 Å². The lowest BCUT2D eigenvalue weighted by atomic mass is 10.1. The van der Waals surface area contributed by atoms with Crippen molar-refractivity contribution in [1.82, 2.24) is 5.32 Å². The lowest BCUT2D eigenvalue weighted by Gasteiger charge is -2.22. The van der Waals surface area contributed by atoms with Crippen LogP contribution in [0.15, 0.2) is 18.2 Å². The summed E-state index contributed by atoms with van der Waals surface area (Å²) < 4.78 is 18.3. The molecule has 0 amide bonds. The van der Waals surface area contributed by atoms with Crippen LogP contribution in [-0.4, -0.2) is 19.8 Å². The minimum Gasteiger partial charge on any atom is -0.383 e. The molecule has 94 valence electrons. The summed E-state index contributed by atoms with van der Waals surface area (Å²) in [6.07, 6.45) is 3.06. The van der Waals surface area contributed by atoms with E-state index in [1.165, 1.54) is 5.56 Å². The normalized spacial score (nSPS) is 20.3. The highest BCUT2D eigenvalue weighted by molar-refractivity contribution is 5.35. The van der Waals surface area contributed by atoms with E-state index in [1.54, 1.807) is 19.2 Å². The van der Waals surface area contributed by atoms with Gasteiger partial charge in [0, 0.05) is 19.2 Å². The van der Waals surface area contributed by atoms with Gasteiger partial charge in [-0.1, -0.05) is 13.0 Å². The van der Waals surface area contributed by atoms with Gasteiger partial charge in [0.05, 0.1) is 6.61 Å². The number of hydrogen-bond donors (Lipinski definition) is 1. The molecule has 1 aliphatic rings. The maximum absolute atomic E-state index is 13.1. The van der Waals surface area contributed by atoms with E-state index in [4.69, 9.17) is 4.74 Å². The van der Waals surface area contributed by atoms with Gasteiger partial charge in [-0.25, -0.2) is 4.39 Å². The Morgan fingerprint density at radius 2 is 2.35 bits per heavy atom. The molecule has 2 atom stereocenters. The van der Waals surface area contributed by atoms with Crippen molar-refractivity contribution in [2.75, 3.05) is 13.7 Å². The molecule has 0 bridgehead atoms. The Labute approximate surface area is 102 Å². The second-order valence-corrected chi connectivity index (χ2v) is 4.66. The van der Waals surface area contributed by atoms with Gasteiger partial charge in [0.1, 0.15) is 5.82 Å². The molecule has 2 nitrogen and oxygen atoms in total. The monoisotopic (exact) mass is 237 g/mol. The zero-order valence-electron chi connectivity index (χ0n) is 10.5. The molecule has 1 aromatic rings. The van der Waals surface area contributed by atoms with Crippen LogP contribution in [0.1, 0.15) is 36.9 Å². The van der Waals surface area contributed by atoms with Gasteiger partial charge in [-0.3, -0.25) is 0 Å². The van der Waals surface area contributed by atoms with Crippen molar-refractivity contribution in [2.24, 2.45) is 0 Å². The molecule has 1 N–H and O–H groups in total. The first-order valence-corrected chi connectivity index (χ1v) is 6.28. The molecule has 0 fully saturated rings. The highest BCUT2D eigenvalue weighted by Crippen LogP contribution is 2.31. The first-order valence-electron chi connectivity index (χ1n) is 6.28. The number of halogens is 1. The summed E-state index contributed by atoms with van der Waals surface area (Å²) in [5, 5.41) is 3.59.